The first-order chi connectivity index (χ1) is 5.20. The normalized spacial score (nSPS) is 29.3. The second-order valence-corrected chi connectivity index (χ2v) is 3.00. The summed E-state index contributed by atoms with van der Waals surface area (Å²) in [5.41, 5.74) is 0. The molecule has 0 aromatic heterocycles. The smallest absolute Gasteiger partial charge is 0.249 e. The molecule has 11 heavy (non-hydrogen) atoms. The second-order valence-electron chi connectivity index (χ2n) is 2.61. The summed E-state index contributed by atoms with van der Waals surface area (Å²) < 4.78 is 0. The van der Waals surface area contributed by atoms with Crippen LogP contribution in [0, 0.1) is 0 Å². The summed E-state index contributed by atoms with van der Waals surface area (Å²) in [4.78, 5) is 23.4. The molecule has 0 spiro atoms. The van der Waals surface area contributed by atoms with Crippen LogP contribution in [0.25, 0.3) is 0 Å². The van der Waals surface area contributed by atoms with Crippen molar-refractivity contribution in [1.29, 1.82) is 0 Å². The van der Waals surface area contributed by atoms with Gasteiger partial charge < -0.3 is 5.32 Å². The number of nitrogens with one attached hydrogen (secondary N) is 1. The molecule has 2 saturated heterocycles. The summed E-state index contributed by atoms with van der Waals surface area (Å²) in [6.07, 6.45) is 1.04. The number of fused-ring (bicyclic) bond motifs is 1. The zero-order valence-electron chi connectivity index (χ0n) is 5.66. The molecule has 0 radical (unpaired) electrons. The van der Waals surface area contributed by atoms with E-state index in [0.717, 1.165) is 0 Å². The van der Waals surface area contributed by atoms with Gasteiger partial charge in [-0.15, -0.1) is 0 Å². The fourth-order valence-electron chi connectivity index (χ4n) is 1.44. The topological polar surface area (TPSA) is 49.4 Å². The van der Waals surface area contributed by atoms with E-state index in [-0.39, 0.29) is 23.0 Å². The lowest BCUT2D eigenvalue weighted by atomic mass is 10.2. The van der Waals surface area contributed by atoms with Crippen molar-refractivity contribution in [1.82, 2.24) is 10.2 Å². The summed E-state index contributed by atoms with van der Waals surface area (Å²) in [7, 11) is 0. The molecule has 1 N–H and O–H groups in total. The van der Waals surface area contributed by atoms with Crippen LogP contribution in [0.4, 0.5) is 0 Å². The molecular formula is C6H6N2O2S. The predicted molar refractivity (Wildman–Crippen MR) is 40.6 cm³/mol. The largest absolute Gasteiger partial charge is 0.301 e. The molecule has 2 aliphatic rings. The van der Waals surface area contributed by atoms with Gasteiger partial charge in [-0.3, -0.25) is 14.5 Å². The van der Waals surface area contributed by atoms with E-state index < -0.39 is 0 Å². The van der Waals surface area contributed by atoms with Crippen LogP contribution in [0.2, 0.25) is 0 Å². The average Bonchev–Trinajstić information content (AvgIpc) is 2.41. The number of amides is 2. The third-order valence-corrected chi connectivity index (χ3v) is 2.26. The van der Waals surface area contributed by atoms with E-state index in [4.69, 9.17) is 12.2 Å². The van der Waals surface area contributed by atoms with Gasteiger partial charge in [0.05, 0.1) is 0 Å². The number of hydrogen-bond donors (Lipinski definition) is 1. The standard InChI is InChI=1S/C6H6N2O2S/c9-4-2-1-3-5(10)7-6(11)8(3)4/h3H,1-2H2,(H,7,10,11)/t3-/m0/s1. The minimum atomic E-state index is -0.310. The lowest BCUT2D eigenvalue weighted by Gasteiger charge is -2.09. The molecule has 4 nitrogen and oxygen atoms in total. The van der Waals surface area contributed by atoms with Gasteiger partial charge in [0.25, 0.3) is 0 Å². The SMILES string of the molecule is O=C1NC(=S)N2C(=O)CC[C@@H]12. The van der Waals surface area contributed by atoms with E-state index in [1.807, 2.05) is 0 Å². The van der Waals surface area contributed by atoms with E-state index in [1.54, 1.807) is 0 Å². The van der Waals surface area contributed by atoms with Crippen LogP contribution in [-0.2, 0) is 9.59 Å². The molecule has 0 unspecified atom stereocenters. The van der Waals surface area contributed by atoms with Crippen LogP contribution < -0.4 is 5.32 Å². The summed E-state index contributed by atoms with van der Waals surface area (Å²) in [6.45, 7) is 0. The molecule has 0 aromatic rings. The van der Waals surface area contributed by atoms with Crippen molar-refractivity contribution in [3.05, 3.63) is 0 Å². The van der Waals surface area contributed by atoms with Crippen molar-refractivity contribution in [2.24, 2.45) is 0 Å². The Bertz CT molecular complexity index is 261. The Labute approximate surface area is 68.5 Å². The van der Waals surface area contributed by atoms with Gasteiger partial charge in [-0.25, -0.2) is 0 Å². The molecule has 58 valence electrons. The molecule has 0 bridgehead atoms. The van der Waals surface area contributed by atoms with Crippen molar-refractivity contribution in [2.75, 3.05) is 0 Å². The highest BCUT2D eigenvalue weighted by molar-refractivity contribution is 7.80. The minimum Gasteiger partial charge on any atom is -0.301 e. The monoisotopic (exact) mass is 170 g/mol. The molecule has 2 fully saturated rings. The summed E-state index contributed by atoms with van der Waals surface area (Å²) in [6, 6.07) is -0.310. The Kier molecular flexibility index (Phi) is 1.23. The summed E-state index contributed by atoms with van der Waals surface area (Å²) in [5, 5.41) is 2.71. The van der Waals surface area contributed by atoms with Crippen LogP contribution >= 0.6 is 12.2 Å². The Morgan fingerprint density at radius 2 is 2.27 bits per heavy atom. The molecule has 2 aliphatic heterocycles. The maximum atomic E-state index is 11.1. The maximum absolute atomic E-state index is 11.1. The van der Waals surface area contributed by atoms with Crippen molar-refractivity contribution in [3.8, 4) is 0 Å². The van der Waals surface area contributed by atoms with Gasteiger partial charge in [0.15, 0.2) is 5.11 Å². The van der Waals surface area contributed by atoms with Gasteiger partial charge in [-0.05, 0) is 18.6 Å². The number of nitrogens with zero attached hydrogens (tertiary/aromatic N) is 1. The van der Waals surface area contributed by atoms with E-state index >= 15 is 0 Å². The first kappa shape index (κ1) is 6.72. The van der Waals surface area contributed by atoms with Gasteiger partial charge in [0.2, 0.25) is 11.8 Å². The zero-order chi connectivity index (χ0) is 8.01. The number of carbonyl (C=O) groups is 2. The molecule has 2 heterocycles. The molecule has 5 heteroatoms. The second kappa shape index (κ2) is 2.01. The zero-order valence-corrected chi connectivity index (χ0v) is 6.48. The Hall–Kier alpha value is -0.970. The lowest BCUT2D eigenvalue weighted by molar-refractivity contribution is -0.128. The highest BCUT2D eigenvalue weighted by atomic mass is 32.1. The first-order valence-corrected chi connectivity index (χ1v) is 3.78. The maximum Gasteiger partial charge on any atom is 0.249 e. The van der Waals surface area contributed by atoms with Gasteiger partial charge >= 0.3 is 0 Å². The first-order valence-electron chi connectivity index (χ1n) is 3.37. The number of thiocarbonyl (C=S) groups is 1. The Balaban J connectivity index is 2.35. The Morgan fingerprint density at radius 3 is 2.91 bits per heavy atom. The number of carbonyl (C=O) groups excluding carboxylic acids is 2. The van der Waals surface area contributed by atoms with Crippen molar-refractivity contribution >= 4 is 29.1 Å². The summed E-state index contributed by atoms with van der Waals surface area (Å²) >= 11 is 4.78. The Morgan fingerprint density at radius 1 is 1.55 bits per heavy atom. The van der Waals surface area contributed by atoms with Crippen LogP contribution in [0.5, 0.6) is 0 Å². The predicted octanol–water partition coefficient (Wildman–Crippen LogP) is -0.608. The minimum absolute atomic E-state index is 0.0432. The van der Waals surface area contributed by atoms with Crippen LogP contribution in [-0.4, -0.2) is 27.9 Å². The molecule has 0 aliphatic carbocycles. The van der Waals surface area contributed by atoms with E-state index in [2.05, 4.69) is 5.32 Å². The third kappa shape index (κ3) is 0.773. The molecule has 0 saturated carbocycles. The highest BCUT2D eigenvalue weighted by Crippen LogP contribution is 2.22. The molecule has 1 atom stereocenters. The molecule has 2 amide bonds. The third-order valence-electron chi connectivity index (χ3n) is 1.96. The molecule has 2 rings (SSSR count). The van der Waals surface area contributed by atoms with Crippen LogP contribution in [0.1, 0.15) is 12.8 Å². The van der Waals surface area contributed by atoms with Gasteiger partial charge in [-0.1, -0.05) is 0 Å². The lowest BCUT2D eigenvalue weighted by Crippen LogP contribution is -2.32. The average molecular weight is 170 g/mol. The summed E-state index contributed by atoms with van der Waals surface area (Å²) in [5.74, 6) is -0.181. The van der Waals surface area contributed by atoms with Gasteiger partial charge in [0, 0.05) is 6.42 Å². The molecule has 0 aromatic carbocycles. The van der Waals surface area contributed by atoms with Crippen molar-refractivity contribution < 1.29 is 9.59 Å². The number of hydrogen-bond acceptors (Lipinski definition) is 3. The quantitative estimate of drug-likeness (QED) is 0.493. The van der Waals surface area contributed by atoms with Crippen molar-refractivity contribution in [2.45, 2.75) is 18.9 Å². The van der Waals surface area contributed by atoms with Crippen LogP contribution in [0.3, 0.4) is 0 Å². The highest BCUT2D eigenvalue weighted by Gasteiger charge is 2.44. The van der Waals surface area contributed by atoms with E-state index in [9.17, 15) is 9.59 Å². The molecular weight excluding hydrogens is 164 g/mol. The van der Waals surface area contributed by atoms with Gasteiger partial charge in [0.1, 0.15) is 6.04 Å². The van der Waals surface area contributed by atoms with Crippen molar-refractivity contribution in [3.63, 3.8) is 0 Å². The van der Waals surface area contributed by atoms with E-state index in [0.29, 0.717) is 12.8 Å². The van der Waals surface area contributed by atoms with Crippen LogP contribution in [0.15, 0.2) is 0 Å². The fourth-order valence-corrected chi connectivity index (χ4v) is 1.77. The van der Waals surface area contributed by atoms with Gasteiger partial charge in [-0.2, -0.15) is 0 Å². The van der Waals surface area contributed by atoms with E-state index in [1.165, 1.54) is 4.90 Å². The fraction of sp³-hybridized carbons (Fsp3) is 0.500. The number of rotatable bonds is 0.